The summed E-state index contributed by atoms with van der Waals surface area (Å²) in [5, 5.41) is 0.492. The molecule has 0 spiro atoms. The molecular formula is C10H14ClN3O. The van der Waals surface area contributed by atoms with Gasteiger partial charge in [-0.1, -0.05) is 11.6 Å². The zero-order valence-electron chi connectivity index (χ0n) is 8.32. The predicted octanol–water partition coefficient (Wildman–Crippen LogP) is 1.28. The van der Waals surface area contributed by atoms with E-state index in [2.05, 4.69) is 10.4 Å². The van der Waals surface area contributed by atoms with Crippen LogP contribution in [0.25, 0.3) is 0 Å². The van der Waals surface area contributed by atoms with Gasteiger partial charge in [-0.15, -0.1) is 0 Å². The van der Waals surface area contributed by atoms with Gasteiger partial charge in [0.25, 0.3) is 0 Å². The van der Waals surface area contributed by atoms with Crippen molar-refractivity contribution in [1.82, 2.24) is 10.4 Å². The van der Waals surface area contributed by atoms with E-state index in [1.54, 1.807) is 6.20 Å². The second-order valence-corrected chi connectivity index (χ2v) is 4.07. The van der Waals surface area contributed by atoms with Crippen molar-refractivity contribution in [3.63, 3.8) is 0 Å². The third-order valence-corrected chi connectivity index (χ3v) is 2.93. The molecule has 1 saturated heterocycles. The number of nitrogens with zero attached hydrogens (tertiary/aromatic N) is 1. The molecule has 2 rings (SSSR count). The molecule has 1 aromatic rings. The van der Waals surface area contributed by atoms with Gasteiger partial charge in [-0.2, -0.15) is 0 Å². The van der Waals surface area contributed by atoms with E-state index in [1.807, 2.05) is 12.1 Å². The summed E-state index contributed by atoms with van der Waals surface area (Å²) in [7, 11) is 0. The zero-order chi connectivity index (χ0) is 10.7. The van der Waals surface area contributed by atoms with Crippen LogP contribution in [-0.4, -0.2) is 18.2 Å². The average molecular weight is 228 g/mol. The third kappa shape index (κ3) is 2.46. The van der Waals surface area contributed by atoms with Crippen LogP contribution in [0.2, 0.25) is 5.15 Å². The number of nitrogens with two attached hydrogens (primary N) is 1. The molecule has 0 amide bonds. The Hall–Kier alpha value is -0.680. The first-order valence-electron chi connectivity index (χ1n) is 4.96. The van der Waals surface area contributed by atoms with Crippen LogP contribution in [0.3, 0.4) is 0 Å². The van der Waals surface area contributed by atoms with E-state index in [1.165, 1.54) is 0 Å². The second-order valence-electron chi connectivity index (χ2n) is 3.68. The molecule has 2 atom stereocenters. The van der Waals surface area contributed by atoms with Crippen LogP contribution in [0, 0.1) is 5.92 Å². The fourth-order valence-electron chi connectivity index (χ4n) is 1.93. The monoisotopic (exact) mass is 227 g/mol. The lowest BCUT2D eigenvalue weighted by atomic mass is 9.94. The molecule has 1 aliphatic rings. The average Bonchev–Trinajstić information content (AvgIpc) is 2.72. The first kappa shape index (κ1) is 10.8. The number of hydrogen-bond acceptors (Lipinski definition) is 4. The lowest BCUT2D eigenvalue weighted by Gasteiger charge is -2.21. The molecule has 1 aromatic heterocycles. The molecule has 82 valence electrons. The number of rotatable bonds is 3. The minimum Gasteiger partial charge on any atom is -0.381 e. The summed E-state index contributed by atoms with van der Waals surface area (Å²) in [6, 6.07) is 3.85. The third-order valence-electron chi connectivity index (χ3n) is 2.73. The number of aromatic nitrogens is 1. The Labute approximate surface area is 93.7 Å². The molecule has 1 fully saturated rings. The van der Waals surface area contributed by atoms with Crippen molar-refractivity contribution < 1.29 is 4.74 Å². The quantitative estimate of drug-likeness (QED) is 0.464. The summed E-state index contributed by atoms with van der Waals surface area (Å²) in [6.07, 6.45) is 2.71. The van der Waals surface area contributed by atoms with Crippen molar-refractivity contribution in [2.75, 3.05) is 13.2 Å². The Bertz CT molecular complexity index is 328. The van der Waals surface area contributed by atoms with E-state index in [9.17, 15) is 0 Å². The van der Waals surface area contributed by atoms with E-state index in [-0.39, 0.29) is 6.04 Å². The highest BCUT2D eigenvalue weighted by molar-refractivity contribution is 6.29. The standard InChI is InChI=1S/C10H14ClN3O/c11-9-5-7(1-3-13-9)10(14-12)8-2-4-15-6-8/h1,3,5,8,10,14H,2,4,6,12H2. The molecule has 0 radical (unpaired) electrons. The van der Waals surface area contributed by atoms with E-state index in [4.69, 9.17) is 22.2 Å². The van der Waals surface area contributed by atoms with Gasteiger partial charge in [0, 0.05) is 18.7 Å². The van der Waals surface area contributed by atoms with Crippen molar-refractivity contribution >= 4 is 11.6 Å². The van der Waals surface area contributed by atoms with Crippen molar-refractivity contribution in [2.45, 2.75) is 12.5 Å². The summed E-state index contributed by atoms with van der Waals surface area (Å²) in [5.74, 6) is 5.98. The predicted molar refractivity (Wildman–Crippen MR) is 58.2 cm³/mol. The number of ether oxygens (including phenoxy) is 1. The second kappa shape index (κ2) is 4.90. The maximum atomic E-state index is 5.84. The van der Waals surface area contributed by atoms with Crippen molar-refractivity contribution in [3.8, 4) is 0 Å². The zero-order valence-corrected chi connectivity index (χ0v) is 9.07. The van der Waals surface area contributed by atoms with Crippen LogP contribution in [0.1, 0.15) is 18.0 Å². The summed E-state index contributed by atoms with van der Waals surface area (Å²) < 4.78 is 5.35. The molecule has 0 aliphatic carbocycles. The molecule has 4 nitrogen and oxygen atoms in total. The van der Waals surface area contributed by atoms with E-state index in [0.717, 1.165) is 25.2 Å². The smallest absolute Gasteiger partial charge is 0.129 e. The molecule has 2 unspecified atom stereocenters. The first-order chi connectivity index (χ1) is 7.31. The van der Waals surface area contributed by atoms with E-state index < -0.39 is 0 Å². The summed E-state index contributed by atoms with van der Waals surface area (Å²) in [6.45, 7) is 1.55. The Morgan fingerprint density at radius 2 is 2.53 bits per heavy atom. The highest BCUT2D eigenvalue weighted by atomic mass is 35.5. The van der Waals surface area contributed by atoms with Gasteiger partial charge in [-0.25, -0.2) is 4.98 Å². The Kier molecular flexibility index (Phi) is 3.53. The molecule has 3 N–H and O–H groups in total. The van der Waals surface area contributed by atoms with Crippen LogP contribution >= 0.6 is 11.6 Å². The van der Waals surface area contributed by atoms with Crippen molar-refractivity contribution in [3.05, 3.63) is 29.0 Å². The van der Waals surface area contributed by atoms with Gasteiger partial charge >= 0.3 is 0 Å². The molecule has 15 heavy (non-hydrogen) atoms. The lowest BCUT2D eigenvalue weighted by Crippen LogP contribution is -2.33. The van der Waals surface area contributed by atoms with Gasteiger partial charge in [-0.05, 0) is 24.1 Å². The minimum atomic E-state index is 0.0907. The van der Waals surface area contributed by atoms with E-state index >= 15 is 0 Å². The van der Waals surface area contributed by atoms with Crippen LogP contribution < -0.4 is 11.3 Å². The molecule has 0 aromatic carbocycles. The highest BCUT2D eigenvalue weighted by Gasteiger charge is 2.26. The Morgan fingerprint density at radius 3 is 3.13 bits per heavy atom. The molecule has 2 heterocycles. The number of hydrazine groups is 1. The van der Waals surface area contributed by atoms with Crippen LogP contribution in [-0.2, 0) is 4.74 Å². The number of nitrogens with one attached hydrogen (secondary N) is 1. The Morgan fingerprint density at radius 1 is 1.67 bits per heavy atom. The summed E-state index contributed by atoms with van der Waals surface area (Å²) in [5.41, 5.74) is 3.88. The van der Waals surface area contributed by atoms with Gasteiger partial charge in [-0.3, -0.25) is 11.3 Å². The topological polar surface area (TPSA) is 60.2 Å². The fourth-order valence-corrected chi connectivity index (χ4v) is 2.11. The normalized spacial score (nSPS) is 22.9. The van der Waals surface area contributed by atoms with Crippen LogP contribution in [0.5, 0.6) is 0 Å². The van der Waals surface area contributed by atoms with Gasteiger partial charge in [0.05, 0.1) is 12.6 Å². The van der Waals surface area contributed by atoms with Crippen molar-refractivity contribution in [1.29, 1.82) is 0 Å². The lowest BCUT2D eigenvalue weighted by molar-refractivity contribution is 0.177. The SMILES string of the molecule is NNC(c1ccnc(Cl)c1)C1CCOC1. The fraction of sp³-hybridized carbons (Fsp3) is 0.500. The van der Waals surface area contributed by atoms with Gasteiger partial charge in [0.15, 0.2) is 0 Å². The summed E-state index contributed by atoms with van der Waals surface area (Å²) >= 11 is 5.84. The van der Waals surface area contributed by atoms with E-state index in [0.29, 0.717) is 11.1 Å². The van der Waals surface area contributed by atoms with Crippen LogP contribution in [0.15, 0.2) is 18.3 Å². The summed E-state index contributed by atoms with van der Waals surface area (Å²) in [4.78, 5) is 3.95. The van der Waals surface area contributed by atoms with Gasteiger partial charge < -0.3 is 4.74 Å². The number of hydrogen-bond donors (Lipinski definition) is 2. The molecule has 5 heteroatoms. The Balaban J connectivity index is 2.18. The largest absolute Gasteiger partial charge is 0.381 e. The number of pyridine rings is 1. The van der Waals surface area contributed by atoms with Gasteiger partial charge in [0.2, 0.25) is 0 Å². The first-order valence-corrected chi connectivity index (χ1v) is 5.34. The molecule has 0 bridgehead atoms. The molecule has 0 saturated carbocycles. The maximum absolute atomic E-state index is 5.84. The van der Waals surface area contributed by atoms with Crippen LogP contribution in [0.4, 0.5) is 0 Å². The maximum Gasteiger partial charge on any atom is 0.129 e. The minimum absolute atomic E-state index is 0.0907. The molecule has 1 aliphatic heterocycles. The highest BCUT2D eigenvalue weighted by Crippen LogP contribution is 2.28. The number of halogens is 1. The molecular weight excluding hydrogens is 214 g/mol. The van der Waals surface area contributed by atoms with Crippen molar-refractivity contribution in [2.24, 2.45) is 11.8 Å². The van der Waals surface area contributed by atoms with Gasteiger partial charge in [0.1, 0.15) is 5.15 Å².